The lowest BCUT2D eigenvalue weighted by Gasteiger charge is -2.17. The lowest BCUT2D eigenvalue weighted by atomic mass is 9.95. The van der Waals surface area contributed by atoms with Gasteiger partial charge in [0.25, 0.3) is 0 Å². The second-order valence-corrected chi connectivity index (χ2v) is 10.5. The summed E-state index contributed by atoms with van der Waals surface area (Å²) in [7, 11) is -3.26. The van der Waals surface area contributed by atoms with Gasteiger partial charge in [0, 0.05) is 42.8 Å². The molecular weight excluding hydrogens is 376 g/mol. The van der Waals surface area contributed by atoms with Crippen LogP contribution in [0.5, 0.6) is 0 Å². The number of fused-ring (bicyclic) bond motifs is 3. The van der Waals surface area contributed by atoms with Crippen molar-refractivity contribution >= 4 is 21.2 Å². The summed E-state index contributed by atoms with van der Waals surface area (Å²) < 4.78 is 26.2. The molecule has 4 heterocycles. The van der Waals surface area contributed by atoms with Crippen molar-refractivity contribution in [2.75, 3.05) is 13.1 Å². The minimum absolute atomic E-state index is 0.0573. The average Bonchev–Trinajstić information content (AvgIpc) is 3.33. The molecule has 138 valence electrons. The zero-order valence-electron chi connectivity index (χ0n) is 15.0. The molecule has 2 aliphatic rings. The molecule has 4 nitrogen and oxygen atoms in total. The van der Waals surface area contributed by atoms with E-state index in [2.05, 4.69) is 34.3 Å². The van der Waals surface area contributed by atoms with Gasteiger partial charge in [0.2, 0.25) is 0 Å². The highest BCUT2D eigenvalue weighted by Crippen LogP contribution is 2.46. The van der Waals surface area contributed by atoms with Crippen molar-refractivity contribution in [3.05, 3.63) is 70.2 Å². The molecule has 1 saturated heterocycles. The molecule has 1 fully saturated rings. The molecule has 5 rings (SSSR count). The van der Waals surface area contributed by atoms with Crippen LogP contribution in [0.25, 0.3) is 11.1 Å². The first-order valence-electron chi connectivity index (χ1n) is 9.07. The summed E-state index contributed by atoms with van der Waals surface area (Å²) in [6.07, 6.45) is 3.57. The predicted octanol–water partition coefficient (Wildman–Crippen LogP) is 3.87. The molecule has 0 radical (unpaired) electrons. The monoisotopic (exact) mass is 396 g/mol. The maximum Gasteiger partial charge on any atom is 0.183 e. The predicted molar refractivity (Wildman–Crippen MR) is 108 cm³/mol. The van der Waals surface area contributed by atoms with Crippen LogP contribution in [-0.2, 0) is 16.4 Å². The van der Waals surface area contributed by atoms with Gasteiger partial charge >= 0.3 is 0 Å². The number of hydrogen-bond acceptors (Lipinski definition) is 5. The highest BCUT2D eigenvalue weighted by Gasteiger charge is 2.50. The molecule has 1 aromatic carbocycles. The molecule has 0 amide bonds. The Morgan fingerprint density at radius 2 is 2.07 bits per heavy atom. The van der Waals surface area contributed by atoms with E-state index >= 15 is 0 Å². The van der Waals surface area contributed by atoms with Crippen LogP contribution in [0, 0.1) is 6.92 Å². The number of thiophene rings is 1. The smallest absolute Gasteiger partial charge is 0.183 e. The first kappa shape index (κ1) is 17.1. The quantitative estimate of drug-likeness (QED) is 0.674. The van der Waals surface area contributed by atoms with Gasteiger partial charge in [-0.3, -0.25) is 9.88 Å². The van der Waals surface area contributed by atoms with Crippen molar-refractivity contribution in [2.24, 2.45) is 0 Å². The number of sulfone groups is 1. The van der Waals surface area contributed by atoms with Crippen LogP contribution in [0.2, 0.25) is 0 Å². The maximum absolute atomic E-state index is 13.1. The number of rotatable bonds is 3. The molecule has 0 saturated carbocycles. The van der Waals surface area contributed by atoms with Gasteiger partial charge in [-0.1, -0.05) is 12.1 Å². The zero-order chi connectivity index (χ0) is 18.6. The molecule has 2 aromatic heterocycles. The molecule has 0 spiro atoms. The summed E-state index contributed by atoms with van der Waals surface area (Å²) in [6.45, 7) is 4.37. The van der Waals surface area contributed by atoms with E-state index in [0.717, 1.165) is 29.8 Å². The molecular formula is C21H20N2O2S2. The van der Waals surface area contributed by atoms with Gasteiger partial charge in [0.15, 0.2) is 9.84 Å². The van der Waals surface area contributed by atoms with E-state index < -0.39 is 9.84 Å². The summed E-state index contributed by atoms with van der Waals surface area (Å²) in [5, 5.41) is 1.78. The second kappa shape index (κ2) is 6.26. The van der Waals surface area contributed by atoms with Gasteiger partial charge in [-0.25, -0.2) is 8.42 Å². The van der Waals surface area contributed by atoms with E-state index in [1.165, 1.54) is 10.4 Å². The van der Waals surface area contributed by atoms with Crippen LogP contribution in [0.1, 0.15) is 21.9 Å². The standard InChI is InChI=1S/C21H20N2O2S2/c1-14-6-8-26-19(14)12-23-11-18-17-9-15(16-3-2-7-22-10-16)4-5-20(17)27(24,25)21(18)13-23/h2-10,18,21H,11-13H2,1H3/t18-,21+/m1/s1. The Hall–Kier alpha value is -2.02. The average molecular weight is 397 g/mol. The molecule has 0 bridgehead atoms. The Morgan fingerprint density at radius 3 is 2.81 bits per heavy atom. The van der Waals surface area contributed by atoms with Crippen molar-refractivity contribution in [3.8, 4) is 11.1 Å². The highest BCUT2D eigenvalue weighted by atomic mass is 32.2. The second-order valence-electron chi connectivity index (χ2n) is 7.41. The number of hydrogen-bond donors (Lipinski definition) is 0. The molecule has 2 aliphatic heterocycles. The number of aromatic nitrogens is 1. The summed E-state index contributed by atoms with van der Waals surface area (Å²) in [4.78, 5) is 8.34. The normalized spacial score (nSPS) is 23.3. The van der Waals surface area contributed by atoms with Crippen LogP contribution in [-0.4, -0.2) is 36.6 Å². The number of pyridine rings is 1. The minimum atomic E-state index is -3.26. The molecule has 0 unspecified atom stereocenters. The van der Waals surface area contributed by atoms with E-state index in [4.69, 9.17) is 0 Å². The number of benzene rings is 1. The third-order valence-electron chi connectivity index (χ3n) is 5.79. The van der Waals surface area contributed by atoms with Crippen LogP contribution in [0.4, 0.5) is 0 Å². The number of nitrogens with zero attached hydrogens (tertiary/aromatic N) is 2. The molecule has 0 aliphatic carbocycles. The van der Waals surface area contributed by atoms with Crippen molar-refractivity contribution in [1.82, 2.24) is 9.88 Å². The van der Waals surface area contributed by atoms with Gasteiger partial charge in [-0.2, -0.15) is 0 Å². The molecule has 3 aromatic rings. The van der Waals surface area contributed by atoms with Crippen molar-refractivity contribution < 1.29 is 8.42 Å². The van der Waals surface area contributed by atoms with Crippen molar-refractivity contribution in [3.63, 3.8) is 0 Å². The van der Waals surface area contributed by atoms with E-state index in [0.29, 0.717) is 11.4 Å². The van der Waals surface area contributed by atoms with Crippen molar-refractivity contribution in [2.45, 2.75) is 29.5 Å². The summed E-state index contributed by atoms with van der Waals surface area (Å²) in [5.41, 5.74) is 4.32. The Bertz CT molecular complexity index is 1110. The largest absolute Gasteiger partial charge is 0.296 e. The molecule has 2 atom stereocenters. The van der Waals surface area contributed by atoms with Crippen LogP contribution < -0.4 is 0 Å². The van der Waals surface area contributed by atoms with Crippen LogP contribution in [0.3, 0.4) is 0 Å². The van der Waals surface area contributed by atoms with Gasteiger partial charge < -0.3 is 0 Å². The first-order chi connectivity index (χ1) is 13.0. The van der Waals surface area contributed by atoms with E-state index in [1.54, 1.807) is 23.6 Å². The minimum Gasteiger partial charge on any atom is -0.296 e. The lowest BCUT2D eigenvalue weighted by Crippen LogP contribution is -2.25. The fourth-order valence-electron chi connectivity index (χ4n) is 4.34. The topological polar surface area (TPSA) is 50.3 Å². The SMILES string of the molecule is Cc1ccsc1CN1C[C@@H]2c3cc(-c4cccnc4)ccc3S(=O)(=O)[C@H]2C1. The third-order valence-corrected chi connectivity index (χ3v) is 9.05. The highest BCUT2D eigenvalue weighted by molar-refractivity contribution is 7.92. The molecule has 6 heteroatoms. The molecule has 27 heavy (non-hydrogen) atoms. The Kier molecular flexibility index (Phi) is 3.96. The van der Waals surface area contributed by atoms with Gasteiger partial charge in [-0.05, 0) is 58.8 Å². The van der Waals surface area contributed by atoms with Crippen LogP contribution >= 0.6 is 11.3 Å². The van der Waals surface area contributed by atoms with Crippen molar-refractivity contribution in [1.29, 1.82) is 0 Å². The number of aryl methyl sites for hydroxylation is 1. The summed E-state index contributed by atoms with van der Waals surface area (Å²) >= 11 is 1.75. The number of likely N-dealkylation sites (tertiary alicyclic amines) is 1. The zero-order valence-corrected chi connectivity index (χ0v) is 16.6. The van der Waals surface area contributed by atoms with Gasteiger partial charge in [0.1, 0.15) is 0 Å². The fourth-order valence-corrected chi connectivity index (χ4v) is 7.48. The lowest BCUT2D eigenvalue weighted by molar-refractivity contribution is 0.328. The maximum atomic E-state index is 13.1. The summed E-state index contributed by atoms with van der Waals surface area (Å²) in [5.74, 6) is 0.0573. The van der Waals surface area contributed by atoms with E-state index in [1.807, 2.05) is 24.4 Å². The van der Waals surface area contributed by atoms with Crippen LogP contribution in [0.15, 0.2) is 59.1 Å². The fraction of sp³-hybridized carbons (Fsp3) is 0.286. The van der Waals surface area contributed by atoms with E-state index in [-0.39, 0.29) is 11.2 Å². The first-order valence-corrected chi connectivity index (χ1v) is 11.5. The van der Waals surface area contributed by atoms with E-state index in [9.17, 15) is 8.42 Å². The van der Waals surface area contributed by atoms with Gasteiger partial charge in [0.05, 0.1) is 10.1 Å². The Morgan fingerprint density at radius 1 is 1.19 bits per heavy atom. The third kappa shape index (κ3) is 2.74. The molecule has 0 N–H and O–H groups in total. The Balaban J connectivity index is 1.50. The Labute approximate surface area is 163 Å². The summed E-state index contributed by atoms with van der Waals surface area (Å²) in [6, 6.07) is 11.8. The van der Waals surface area contributed by atoms with Gasteiger partial charge in [-0.15, -0.1) is 11.3 Å².